The number of anilines is 1. The summed E-state index contributed by atoms with van der Waals surface area (Å²) in [5.41, 5.74) is 6.82. The van der Waals surface area contributed by atoms with Crippen LogP contribution in [-0.2, 0) is 4.74 Å². The molecule has 3 N–H and O–H groups in total. The summed E-state index contributed by atoms with van der Waals surface area (Å²) in [4.78, 5) is 2.36. The number of nitrogens with zero attached hydrogens (tertiary/aromatic N) is 1. The zero-order valence-corrected chi connectivity index (χ0v) is 13.8. The molecule has 4 nitrogen and oxygen atoms in total. The number of likely N-dealkylation sites (N-methyl/N-ethyl adjacent to an activating group) is 1. The molecule has 0 unspecified atom stereocenters. The van der Waals surface area contributed by atoms with E-state index in [4.69, 9.17) is 22.7 Å². The normalized spacial score (nSPS) is 17.8. The molecule has 20 heavy (non-hydrogen) atoms. The fourth-order valence-corrected chi connectivity index (χ4v) is 3.00. The first-order valence-electron chi connectivity index (χ1n) is 6.52. The van der Waals surface area contributed by atoms with Crippen molar-refractivity contribution in [2.24, 2.45) is 5.73 Å². The van der Waals surface area contributed by atoms with E-state index >= 15 is 0 Å². The third-order valence-corrected chi connectivity index (χ3v) is 4.30. The van der Waals surface area contributed by atoms with Crippen molar-refractivity contribution in [3.8, 4) is 0 Å². The topological polar surface area (TPSA) is 58.7 Å². The highest BCUT2D eigenvalue weighted by Gasteiger charge is 2.31. The van der Waals surface area contributed by atoms with Crippen LogP contribution in [0.3, 0.4) is 0 Å². The molecule has 1 fully saturated rings. The Morgan fingerprint density at radius 1 is 1.50 bits per heavy atom. The number of thiocarbonyl (C=S) groups is 1. The molecule has 1 aromatic rings. The number of aliphatic hydroxyl groups is 1. The number of hydrogen-bond acceptors (Lipinski definition) is 4. The smallest absolute Gasteiger partial charge is 0.106 e. The Bertz CT molecular complexity index is 504. The molecular weight excluding hydrogens is 340 g/mol. The van der Waals surface area contributed by atoms with Crippen molar-refractivity contribution < 1.29 is 9.84 Å². The number of halogens is 1. The quantitative estimate of drug-likeness (QED) is 0.806. The summed E-state index contributed by atoms with van der Waals surface area (Å²) in [6.45, 7) is 1.74. The van der Waals surface area contributed by atoms with Crippen molar-refractivity contribution >= 4 is 38.8 Å². The Morgan fingerprint density at radius 3 is 2.75 bits per heavy atom. The predicted molar refractivity (Wildman–Crippen MR) is 88.3 cm³/mol. The van der Waals surface area contributed by atoms with Crippen LogP contribution in [-0.4, -0.2) is 42.5 Å². The molecular formula is C14H19BrN2O2S. The van der Waals surface area contributed by atoms with E-state index in [9.17, 15) is 5.11 Å². The number of ether oxygens (including phenoxy) is 1. The van der Waals surface area contributed by atoms with Crippen LogP contribution in [0.15, 0.2) is 22.7 Å². The van der Waals surface area contributed by atoms with E-state index < -0.39 is 5.60 Å². The monoisotopic (exact) mass is 358 g/mol. The minimum atomic E-state index is -0.715. The van der Waals surface area contributed by atoms with E-state index in [1.807, 2.05) is 30.1 Å². The van der Waals surface area contributed by atoms with Crippen LogP contribution in [0, 0.1) is 0 Å². The lowest BCUT2D eigenvalue weighted by Crippen LogP contribution is -2.46. The summed E-state index contributed by atoms with van der Waals surface area (Å²) < 4.78 is 6.24. The van der Waals surface area contributed by atoms with Crippen LogP contribution in [0.2, 0.25) is 0 Å². The van der Waals surface area contributed by atoms with Gasteiger partial charge in [0, 0.05) is 55.4 Å². The largest absolute Gasteiger partial charge is 0.389 e. The van der Waals surface area contributed by atoms with Crippen LogP contribution < -0.4 is 10.6 Å². The minimum absolute atomic E-state index is 0.354. The van der Waals surface area contributed by atoms with Crippen LogP contribution in [0.5, 0.6) is 0 Å². The van der Waals surface area contributed by atoms with E-state index in [2.05, 4.69) is 15.9 Å². The third-order valence-electron chi connectivity index (χ3n) is 3.59. The number of benzene rings is 1. The summed E-state index contributed by atoms with van der Waals surface area (Å²) >= 11 is 8.53. The fourth-order valence-electron chi connectivity index (χ4n) is 2.47. The Labute approximate surface area is 133 Å². The van der Waals surface area contributed by atoms with Gasteiger partial charge in [-0.1, -0.05) is 28.1 Å². The van der Waals surface area contributed by atoms with Crippen LogP contribution >= 0.6 is 28.1 Å². The van der Waals surface area contributed by atoms with Crippen molar-refractivity contribution in [3.63, 3.8) is 0 Å². The second kappa shape index (κ2) is 6.39. The van der Waals surface area contributed by atoms with Crippen LogP contribution in [0.4, 0.5) is 5.69 Å². The molecule has 1 aromatic carbocycles. The maximum absolute atomic E-state index is 10.6. The van der Waals surface area contributed by atoms with E-state index in [1.54, 1.807) is 0 Å². The Morgan fingerprint density at radius 2 is 2.15 bits per heavy atom. The van der Waals surface area contributed by atoms with Gasteiger partial charge in [-0.05, 0) is 18.2 Å². The highest BCUT2D eigenvalue weighted by atomic mass is 79.9. The SMILES string of the molecule is CN(CC1(O)CCOCC1)c1ccc(Br)cc1C(N)=S. The number of hydrogen-bond donors (Lipinski definition) is 2. The number of rotatable bonds is 4. The average Bonchev–Trinajstić information content (AvgIpc) is 2.38. The van der Waals surface area contributed by atoms with Crippen molar-refractivity contribution in [2.75, 3.05) is 31.7 Å². The van der Waals surface area contributed by atoms with Gasteiger partial charge in [-0.3, -0.25) is 0 Å². The zero-order chi connectivity index (χ0) is 14.8. The van der Waals surface area contributed by atoms with Crippen molar-refractivity contribution in [1.29, 1.82) is 0 Å². The maximum Gasteiger partial charge on any atom is 0.106 e. The minimum Gasteiger partial charge on any atom is -0.389 e. The molecule has 2 rings (SSSR count). The second-order valence-electron chi connectivity index (χ2n) is 5.22. The second-order valence-corrected chi connectivity index (χ2v) is 6.57. The summed E-state index contributed by atoms with van der Waals surface area (Å²) in [5, 5.41) is 10.6. The Kier molecular flexibility index (Phi) is 5.01. The van der Waals surface area contributed by atoms with E-state index in [0.717, 1.165) is 15.7 Å². The van der Waals surface area contributed by atoms with E-state index in [1.165, 1.54) is 0 Å². The molecule has 0 amide bonds. The summed E-state index contributed by atoms with van der Waals surface area (Å²) in [6.07, 6.45) is 1.30. The lowest BCUT2D eigenvalue weighted by molar-refractivity contribution is -0.0572. The van der Waals surface area contributed by atoms with Gasteiger partial charge in [0.15, 0.2) is 0 Å². The van der Waals surface area contributed by atoms with Crippen LogP contribution in [0.25, 0.3) is 0 Å². The first-order chi connectivity index (χ1) is 9.41. The first kappa shape index (κ1) is 15.7. The fraction of sp³-hybridized carbons (Fsp3) is 0.500. The van der Waals surface area contributed by atoms with Gasteiger partial charge in [0.1, 0.15) is 4.99 Å². The predicted octanol–water partition coefficient (Wildman–Crippen LogP) is 2.06. The maximum atomic E-state index is 10.6. The van der Waals surface area contributed by atoms with Gasteiger partial charge in [-0.25, -0.2) is 0 Å². The zero-order valence-electron chi connectivity index (χ0n) is 11.4. The summed E-state index contributed by atoms with van der Waals surface area (Å²) in [5.74, 6) is 0. The van der Waals surface area contributed by atoms with Gasteiger partial charge in [0.05, 0.1) is 5.60 Å². The third kappa shape index (κ3) is 3.69. The molecule has 0 aliphatic carbocycles. The van der Waals surface area contributed by atoms with Gasteiger partial charge in [0.25, 0.3) is 0 Å². The molecule has 1 aliphatic rings. The van der Waals surface area contributed by atoms with Gasteiger partial charge in [-0.15, -0.1) is 0 Å². The molecule has 0 aromatic heterocycles. The van der Waals surface area contributed by atoms with Gasteiger partial charge < -0.3 is 20.5 Å². The highest BCUT2D eigenvalue weighted by molar-refractivity contribution is 9.10. The molecule has 6 heteroatoms. The molecule has 0 spiro atoms. The summed E-state index contributed by atoms with van der Waals surface area (Å²) in [6, 6.07) is 5.81. The highest BCUT2D eigenvalue weighted by Crippen LogP contribution is 2.28. The Hall–Kier alpha value is -0.690. The van der Waals surface area contributed by atoms with Gasteiger partial charge in [0.2, 0.25) is 0 Å². The molecule has 0 bridgehead atoms. The summed E-state index contributed by atoms with van der Waals surface area (Å²) in [7, 11) is 1.94. The van der Waals surface area contributed by atoms with Gasteiger partial charge in [-0.2, -0.15) is 0 Å². The molecule has 1 heterocycles. The lowest BCUT2D eigenvalue weighted by atomic mass is 9.93. The Balaban J connectivity index is 2.20. The van der Waals surface area contributed by atoms with E-state index in [-0.39, 0.29) is 0 Å². The molecule has 1 saturated heterocycles. The standard InChI is InChI=1S/C14H19BrN2O2S/c1-17(9-14(18)4-6-19-7-5-14)12-3-2-10(15)8-11(12)13(16)20/h2-3,8,18H,4-7,9H2,1H3,(H2,16,20). The van der Waals surface area contributed by atoms with Crippen LogP contribution in [0.1, 0.15) is 18.4 Å². The van der Waals surface area contributed by atoms with E-state index in [0.29, 0.717) is 37.6 Å². The van der Waals surface area contributed by atoms with Crippen molar-refractivity contribution in [3.05, 3.63) is 28.2 Å². The van der Waals surface area contributed by atoms with Crippen molar-refractivity contribution in [1.82, 2.24) is 0 Å². The molecule has 1 aliphatic heterocycles. The van der Waals surface area contributed by atoms with Crippen molar-refractivity contribution in [2.45, 2.75) is 18.4 Å². The molecule has 0 atom stereocenters. The van der Waals surface area contributed by atoms with Gasteiger partial charge >= 0.3 is 0 Å². The number of nitrogens with two attached hydrogens (primary N) is 1. The lowest BCUT2D eigenvalue weighted by Gasteiger charge is -2.36. The molecule has 0 saturated carbocycles. The molecule has 0 radical (unpaired) electrons. The first-order valence-corrected chi connectivity index (χ1v) is 7.72. The molecule has 110 valence electrons. The average molecular weight is 359 g/mol.